The van der Waals surface area contributed by atoms with Gasteiger partial charge in [-0.15, -0.1) is 11.3 Å². The fraction of sp³-hybridized carbons (Fsp3) is 0.333. The lowest BCUT2D eigenvalue weighted by molar-refractivity contribution is 0.0494. The van der Waals surface area contributed by atoms with Gasteiger partial charge in [0.25, 0.3) is 5.91 Å². The Balaban J connectivity index is 1.49. The van der Waals surface area contributed by atoms with Crippen LogP contribution in [0.4, 0.5) is 4.79 Å². The number of nitrogens with one attached hydrogen (secondary N) is 1. The van der Waals surface area contributed by atoms with Crippen LogP contribution in [0.15, 0.2) is 71.0 Å². The summed E-state index contributed by atoms with van der Waals surface area (Å²) in [6.45, 7) is 4.55. The molecule has 0 saturated carbocycles. The van der Waals surface area contributed by atoms with Gasteiger partial charge >= 0.3 is 6.09 Å². The molecule has 194 valence electrons. The number of fused-ring (bicyclic) bond motifs is 1. The first-order chi connectivity index (χ1) is 17.9. The molecule has 2 aromatic carbocycles. The summed E-state index contributed by atoms with van der Waals surface area (Å²) in [4.78, 5) is 36.6. The van der Waals surface area contributed by atoms with Crippen LogP contribution in [0.5, 0.6) is 0 Å². The van der Waals surface area contributed by atoms with Crippen molar-refractivity contribution in [3.63, 3.8) is 0 Å². The minimum atomic E-state index is -1.05. The van der Waals surface area contributed by atoms with Gasteiger partial charge in [-0.3, -0.25) is 9.78 Å². The fourth-order valence-electron chi connectivity index (χ4n) is 4.00. The van der Waals surface area contributed by atoms with Gasteiger partial charge in [-0.05, 0) is 36.1 Å². The summed E-state index contributed by atoms with van der Waals surface area (Å²) in [6.07, 6.45) is 1.65. The Morgan fingerprint density at radius 3 is 2.70 bits per heavy atom. The number of aromatic nitrogens is 2. The molecule has 0 saturated heterocycles. The van der Waals surface area contributed by atoms with Crippen molar-refractivity contribution in [1.29, 1.82) is 0 Å². The molecule has 4 rings (SSSR count). The molecular weight excluding hydrogens is 492 g/mol. The maximum atomic E-state index is 13.5. The molecule has 0 aliphatic rings. The number of carbonyl (C=O) groups excluding carboxylic acids is 2. The Labute approximate surface area is 219 Å². The van der Waals surface area contributed by atoms with Gasteiger partial charge in [-0.25, -0.2) is 9.78 Å². The first kappa shape index (κ1) is 26.3. The Bertz CT molecular complexity index is 1290. The smallest absolute Gasteiger partial charge is 0.407 e. The predicted molar refractivity (Wildman–Crippen MR) is 140 cm³/mol. The Morgan fingerprint density at radius 2 is 1.97 bits per heavy atom. The summed E-state index contributed by atoms with van der Waals surface area (Å²) >= 11 is 1.39. The van der Waals surface area contributed by atoms with Gasteiger partial charge < -0.3 is 24.5 Å². The summed E-state index contributed by atoms with van der Waals surface area (Å²) in [5, 5.41) is 14.1. The van der Waals surface area contributed by atoms with Crippen molar-refractivity contribution in [2.45, 2.75) is 39.0 Å². The van der Waals surface area contributed by atoms with Gasteiger partial charge in [-0.1, -0.05) is 44.2 Å². The zero-order valence-corrected chi connectivity index (χ0v) is 21.6. The number of carbonyl (C=O) groups is 2. The second-order valence-corrected chi connectivity index (χ2v) is 10.2. The molecule has 0 aliphatic heterocycles. The summed E-state index contributed by atoms with van der Waals surface area (Å²) in [5.74, 6) is -0.0765. The molecule has 2 atom stereocenters. The zero-order chi connectivity index (χ0) is 26.2. The van der Waals surface area contributed by atoms with Crippen molar-refractivity contribution in [3.05, 3.63) is 82.6 Å². The largest absolute Gasteiger partial charge is 0.444 e. The third-order valence-electron chi connectivity index (χ3n) is 5.75. The number of ether oxygens (including phenoxy) is 1. The van der Waals surface area contributed by atoms with Crippen molar-refractivity contribution in [2.75, 3.05) is 13.1 Å². The maximum absolute atomic E-state index is 13.5. The SMILES string of the molecule is CC(C)CN(C[C@@H](O)[C@H](Cc1ccccc1)NC(=O)OCc1cncs1)C(=O)c1ccc2ncoc2c1. The number of hydrogen-bond donors (Lipinski definition) is 2. The van der Waals surface area contributed by atoms with Crippen LogP contribution in [0, 0.1) is 5.92 Å². The summed E-state index contributed by atoms with van der Waals surface area (Å²) in [6, 6.07) is 13.9. The number of amides is 2. The van der Waals surface area contributed by atoms with E-state index in [0.717, 1.165) is 10.4 Å². The second-order valence-electron chi connectivity index (χ2n) is 9.19. The van der Waals surface area contributed by atoms with Gasteiger partial charge in [0.05, 0.1) is 22.5 Å². The van der Waals surface area contributed by atoms with E-state index in [4.69, 9.17) is 9.15 Å². The lowest BCUT2D eigenvalue weighted by atomic mass is 10.00. The number of benzene rings is 2. The van der Waals surface area contributed by atoms with E-state index in [1.54, 1.807) is 34.8 Å². The van der Waals surface area contributed by atoms with Crippen molar-refractivity contribution < 1.29 is 23.8 Å². The molecule has 2 amide bonds. The van der Waals surface area contributed by atoms with E-state index in [1.807, 2.05) is 44.2 Å². The molecule has 0 aliphatic carbocycles. The normalized spacial score (nSPS) is 12.9. The highest BCUT2D eigenvalue weighted by Crippen LogP contribution is 2.18. The molecule has 2 heterocycles. The fourth-order valence-corrected chi connectivity index (χ4v) is 4.51. The Morgan fingerprint density at radius 1 is 1.16 bits per heavy atom. The quantitative estimate of drug-likeness (QED) is 0.302. The maximum Gasteiger partial charge on any atom is 0.407 e. The van der Waals surface area contributed by atoms with Crippen LogP contribution >= 0.6 is 11.3 Å². The highest BCUT2D eigenvalue weighted by atomic mass is 32.1. The molecule has 0 unspecified atom stereocenters. The third-order valence-corrected chi connectivity index (χ3v) is 6.51. The second kappa shape index (κ2) is 12.5. The van der Waals surface area contributed by atoms with Crippen LogP contribution in [0.3, 0.4) is 0 Å². The number of alkyl carbamates (subject to hydrolysis) is 1. The first-order valence-corrected chi connectivity index (χ1v) is 12.9. The molecule has 0 spiro atoms. The summed E-state index contributed by atoms with van der Waals surface area (Å²) in [5.41, 5.74) is 4.22. The van der Waals surface area contributed by atoms with Gasteiger partial charge in [-0.2, -0.15) is 0 Å². The number of aliphatic hydroxyl groups excluding tert-OH is 1. The molecule has 37 heavy (non-hydrogen) atoms. The van der Waals surface area contributed by atoms with Crippen LogP contribution < -0.4 is 5.32 Å². The van der Waals surface area contributed by atoms with Crippen molar-refractivity contribution in [2.24, 2.45) is 5.92 Å². The molecule has 0 fully saturated rings. The van der Waals surface area contributed by atoms with Crippen molar-refractivity contribution >= 4 is 34.4 Å². The number of hydrogen-bond acceptors (Lipinski definition) is 8. The standard InChI is InChI=1S/C27H30N4O5S/c1-18(2)13-31(26(33)20-8-9-22-25(11-20)36-16-29-22)14-24(32)23(10-19-6-4-3-5-7-19)30-27(34)35-15-21-12-28-17-37-21/h3-9,11-12,16-18,23-24,32H,10,13-15H2,1-2H3,(H,30,34)/t23-,24+/m0/s1. The molecule has 0 radical (unpaired) electrons. The Hall–Kier alpha value is -3.76. The highest BCUT2D eigenvalue weighted by Gasteiger charge is 2.28. The predicted octanol–water partition coefficient (Wildman–Crippen LogP) is 4.28. The van der Waals surface area contributed by atoms with Gasteiger partial charge in [0.2, 0.25) is 0 Å². The van der Waals surface area contributed by atoms with Crippen LogP contribution in [-0.2, 0) is 17.8 Å². The summed E-state index contributed by atoms with van der Waals surface area (Å²) < 4.78 is 10.7. The monoisotopic (exact) mass is 522 g/mol. The number of aliphatic hydroxyl groups is 1. The summed E-state index contributed by atoms with van der Waals surface area (Å²) in [7, 11) is 0. The lowest BCUT2D eigenvalue weighted by Gasteiger charge is -2.31. The van der Waals surface area contributed by atoms with E-state index in [0.29, 0.717) is 29.6 Å². The highest BCUT2D eigenvalue weighted by molar-refractivity contribution is 7.09. The molecule has 2 N–H and O–H groups in total. The van der Waals surface area contributed by atoms with Crippen molar-refractivity contribution in [3.8, 4) is 0 Å². The van der Waals surface area contributed by atoms with Crippen LogP contribution in [0.2, 0.25) is 0 Å². The molecule has 0 bridgehead atoms. The van der Waals surface area contributed by atoms with E-state index < -0.39 is 18.2 Å². The number of nitrogens with zero attached hydrogens (tertiary/aromatic N) is 3. The topological polar surface area (TPSA) is 118 Å². The van der Waals surface area contributed by atoms with Crippen LogP contribution in [-0.4, -0.2) is 57.2 Å². The number of rotatable bonds is 11. The molecule has 4 aromatic rings. The van der Waals surface area contributed by atoms with E-state index in [1.165, 1.54) is 17.7 Å². The first-order valence-electron chi connectivity index (χ1n) is 12.0. The van der Waals surface area contributed by atoms with Crippen LogP contribution in [0.1, 0.15) is 34.6 Å². The van der Waals surface area contributed by atoms with Gasteiger partial charge in [0, 0.05) is 24.8 Å². The minimum Gasteiger partial charge on any atom is -0.444 e. The Kier molecular flexibility index (Phi) is 8.86. The average molecular weight is 523 g/mol. The molecule has 2 aromatic heterocycles. The van der Waals surface area contributed by atoms with Crippen molar-refractivity contribution in [1.82, 2.24) is 20.2 Å². The molecule has 10 heteroatoms. The minimum absolute atomic E-state index is 0.0259. The molecular formula is C27H30N4O5S. The number of thiazole rings is 1. The van der Waals surface area contributed by atoms with Gasteiger partial charge in [0.1, 0.15) is 12.1 Å². The average Bonchev–Trinajstić information content (AvgIpc) is 3.58. The third kappa shape index (κ3) is 7.37. The lowest BCUT2D eigenvalue weighted by Crippen LogP contribution is -2.51. The van der Waals surface area contributed by atoms with E-state index in [-0.39, 0.29) is 25.0 Å². The van der Waals surface area contributed by atoms with E-state index in [9.17, 15) is 14.7 Å². The van der Waals surface area contributed by atoms with E-state index in [2.05, 4.69) is 15.3 Å². The van der Waals surface area contributed by atoms with Gasteiger partial charge in [0.15, 0.2) is 12.0 Å². The van der Waals surface area contributed by atoms with Crippen LogP contribution in [0.25, 0.3) is 11.1 Å². The number of oxazole rings is 1. The zero-order valence-electron chi connectivity index (χ0n) is 20.7. The van der Waals surface area contributed by atoms with E-state index >= 15 is 0 Å². The molecule has 9 nitrogen and oxygen atoms in total.